The second kappa shape index (κ2) is 6.61. The molecular weight excluding hydrogens is 252 g/mol. The van der Waals surface area contributed by atoms with Crippen LogP contribution in [0.5, 0.6) is 5.75 Å². The van der Waals surface area contributed by atoms with E-state index < -0.39 is 0 Å². The molecule has 1 aromatic carbocycles. The summed E-state index contributed by atoms with van der Waals surface area (Å²) >= 11 is 5.85. The van der Waals surface area contributed by atoms with Crippen LogP contribution in [0.2, 0.25) is 5.02 Å². The molecule has 100 valence electrons. The van der Waals surface area contributed by atoms with Crippen molar-refractivity contribution in [3.8, 4) is 5.75 Å². The van der Waals surface area contributed by atoms with E-state index in [2.05, 4.69) is 13.8 Å². The van der Waals surface area contributed by atoms with Gasteiger partial charge in [0.2, 0.25) is 5.91 Å². The van der Waals surface area contributed by atoms with E-state index in [1.54, 1.807) is 18.2 Å². The van der Waals surface area contributed by atoms with Gasteiger partial charge in [-0.15, -0.1) is 0 Å². The van der Waals surface area contributed by atoms with Gasteiger partial charge in [-0.05, 0) is 12.0 Å². The number of aromatic hydroxyl groups is 1. The zero-order valence-corrected chi connectivity index (χ0v) is 11.4. The van der Waals surface area contributed by atoms with Gasteiger partial charge in [0.1, 0.15) is 5.75 Å². The predicted octanol–water partition coefficient (Wildman–Crippen LogP) is 1.99. The van der Waals surface area contributed by atoms with Crippen LogP contribution < -0.4 is 5.73 Å². The molecule has 3 N–H and O–H groups in total. The van der Waals surface area contributed by atoms with E-state index in [9.17, 15) is 9.90 Å². The van der Waals surface area contributed by atoms with Crippen molar-refractivity contribution in [3.05, 3.63) is 28.8 Å². The Morgan fingerprint density at radius 1 is 1.50 bits per heavy atom. The van der Waals surface area contributed by atoms with Crippen molar-refractivity contribution in [3.63, 3.8) is 0 Å². The standard InChI is InChI=1S/C13H19ClN2O2/c1-9(2)6-16(8-12(15)17)7-10-4-3-5-11(14)13(10)18/h3-5,9,18H,6-8H2,1-2H3,(H2,15,17). The SMILES string of the molecule is CC(C)CN(CC(N)=O)Cc1cccc(Cl)c1O. The maximum absolute atomic E-state index is 11.0. The number of hydrogen-bond donors (Lipinski definition) is 2. The molecule has 0 unspecified atom stereocenters. The number of carbonyl (C=O) groups is 1. The summed E-state index contributed by atoms with van der Waals surface area (Å²) in [5.41, 5.74) is 5.92. The molecule has 0 aliphatic carbocycles. The molecule has 5 heteroatoms. The summed E-state index contributed by atoms with van der Waals surface area (Å²) in [5, 5.41) is 10.2. The van der Waals surface area contributed by atoms with E-state index in [4.69, 9.17) is 17.3 Å². The topological polar surface area (TPSA) is 66.6 Å². The Morgan fingerprint density at radius 3 is 2.72 bits per heavy atom. The van der Waals surface area contributed by atoms with Crippen molar-refractivity contribution >= 4 is 17.5 Å². The molecule has 0 aliphatic rings. The third-order valence-corrected chi connectivity index (χ3v) is 2.77. The molecule has 0 saturated heterocycles. The number of rotatable bonds is 6. The highest BCUT2D eigenvalue weighted by Crippen LogP contribution is 2.27. The summed E-state index contributed by atoms with van der Waals surface area (Å²) in [6, 6.07) is 5.19. The minimum Gasteiger partial charge on any atom is -0.506 e. The Bertz CT molecular complexity index is 421. The van der Waals surface area contributed by atoms with Crippen LogP contribution in [0.3, 0.4) is 0 Å². The van der Waals surface area contributed by atoms with Crippen molar-refractivity contribution in [1.29, 1.82) is 0 Å². The van der Waals surface area contributed by atoms with Gasteiger partial charge in [-0.3, -0.25) is 9.69 Å². The van der Waals surface area contributed by atoms with E-state index in [-0.39, 0.29) is 18.2 Å². The lowest BCUT2D eigenvalue weighted by atomic mass is 10.1. The van der Waals surface area contributed by atoms with Crippen molar-refractivity contribution in [1.82, 2.24) is 4.90 Å². The molecule has 18 heavy (non-hydrogen) atoms. The lowest BCUT2D eigenvalue weighted by Crippen LogP contribution is -2.35. The molecule has 1 amide bonds. The summed E-state index contributed by atoms with van der Waals surface area (Å²) in [7, 11) is 0. The fraction of sp³-hybridized carbons (Fsp3) is 0.462. The van der Waals surface area contributed by atoms with Crippen LogP contribution in [-0.4, -0.2) is 29.0 Å². The molecule has 0 spiro atoms. The first-order valence-corrected chi connectivity index (χ1v) is 6.25. The number of nitrogens with two attached hydrogens (primary N) is 1. The van der Waals surface area contributed by atoms with Crippen molar-refractivity contribution in [2.45, 2.75) is 20.4 Å². The third-order valence-electron chi connectivity index (χ3n) is 2.47. The summed E-state index contributed by atoms with van der Waals surface area (Å²) < 4.78 is 0. The summed E-state index contributed by atoms with van der Waals surface area (Å²) in [6.45, 7) is 5.48. The zero-order valence-electron chi connectivity index (χ0n) is 10.7. The van der Waals surface area contributed by atoms with E-state index >= 15 is 0 Å². The maximum Gasteiger partial charge on any atom is 0.231 e. The molecule has 0 aliphatic heterocycles. The minimum atomic E-state index is -0.378. The Morgan fingerprint density at radius 2 is 2.17 bits per heavy atom. The molecule has 0 aromatic heterocycles. The van der Waals surface area contributed by atoms with Crippen LogP contribution in [0.15, 0.2) is 18.2 Å². The average molecular weight is 271 g/mol. The second-order valence-corrected chi connectivity index (χ2v) is 5.18. The van der Waals surface area contributed by atoms with Gasteiger partial charge in [-0.25, -0.2) is 0 Å². The number of nitrogens with zero attached hydrogens (tertiary/aromatic N) is 1. The first kappa shape index (κ1) is 14.8. The van der Waals surface area contributed by atoms with Crippen LogP contribution in [0, 0.1) is 5.92 Å². The Balaban J connectivity index is 2.81. The number of phenols is 1. The quantitative estimate of drug-likeness (QED) is 0.831. The molecule has 4 nitrogen and oxygen atoms in total. The number of carbonyl (C=O) groups excluding carboxylic acids is 1. The lowest BCUT2D eigenvalue weighted by Gasteiger charge is -2.23. The highest BCUT2D eigenvalue weighted by Gasteiger charge is 2.14. The molecular formula is C13H19ClN2O2. The zero-order chi connectivity index (χ0) is 13.7. The number of halogens is 1. The number of benzene rings is 1. The average Bonchev–Trinajstić information content (AvgIpc) is 2.23. The van der Waals surface area contributed by atoms with Gasteiger partial charge in [0.25, 0.3) is 0 Å². The van der Waals surface area contributed by atoms with E-state index in [0.29, 0.717) is 23.0 Å². The molecule has 0 heterocycles. The predicted molar refractivity (Wildman–Crippen MR) is 72.4 cm³/mol. The van der Waals surface area contributed by atoms with Crippen LogP contribution in [0.1, 0.15) is 19.4 Å². The number of amides is 1. The summed E-state index contributed by atoms with van der Waals surface area (Å²) in [4.78, 5) is 12.9. The monoisotopic (exact) mass is 270 g/mol. The van der Waals surface area contributed by atoms with Gasteiger partial charge in [0, 0.05) is 18.7 Å². The van der Waals surface area contributed by atoms with Crippen LogP contribution in [-0.2, 0) is 11.3 Å². The Kier molecular flexibility index (Phi) is 5.44. The summed E-state index contributed by atoms with van der Waals surface area (Å²) in [5.74, 6) is 0.0974. The molecule has 1 rings (SSSR count). The summed E-state index contributed by atoms with van der Waals surface area (Å²) in [6.07, 6.45) is 0. The van der Waals surface area contributed by atoms with Gasteiger partial charge < -0.3 is 10.8 Å². The Labute approximate surface area is 112 Å². The molecule has 0 bridgehead atoms. The second-order valence-electron chi connectivity index (χ2n) is 4.78. The maximum atomic E-state index is 11.0. The molecule has 1 aromatic rings. The number of phenolic OH excluding ortho intramolecular Hbond substituents is 1. The molecule has 0 saturated carbocycles. The molecule has 0 fully saturated rings. The van der Waals surface area contributed by atoms with Crippen molar-refractivity contribution in [2.75, 3.05) is 13.1 Å². The normalized spacial score (nSPS) is 11.2. The highest BCUT2D eigenvalue weighted by atomic mass is 35.5. The number of primary amides is 1. The highest BCUT2D eigenvalue weighted by molar-refractivity contribution is 6.32. The van der Waals surface area contributed by atoms with Gasteiger partial charge >= 0.3 is 0 Å². The van der Waals surface area contributed by atoms with Crippen LogP contribution in [0.4, 0.5) is 0 Å². The lowest BCUT2D eigenvalue weighted by molar-refractivity contribution is -0.119. The van der Waals surface area contributed by atoms with Crippen LogP contribution >= 0.6 is 11.6 Å². The Hall–Kier alpha value is -1.26. The van der Waals surface area contributed by atoms with Gasteiger partial charge in [-0.2, -0.15) is 0 Å². The minimum absolute atomic E-state index is 0.0670. The third kappa shape index (κ3) is 4.55. The van der Waals surface area contributed by atoms with Crippen molar-refractivity contribution in [2.24, 2.45) is 11.7 Å². The smallest absolute Gasteiger partial charge is 0.231 e. The first-order chi connectivity index (χ1) is 8.40. The molecule has 0 atom stereocenters. The van der Waals surface area contributed by atoms with E-state index in [1.807, 2.05) is 4.90 Å². The van der Waals surface area contributed by atoms with Gasteiger partial charge in [0.05, 0.1) is 11.6 Å². The number of para-hydroxylation sites is 1. The fourth-order valence-electron chi connectivity index (χ4n) is 1.85. The fourth-order valence-corrected chi connectivity index (χ4v) is 2.04. The van der Waals surface area contributed by atoms with E-state index in [1.165, 1.54) is 0 Å². The van der Waals surface area contributed by atoms with Gasteiger partial charge in [0.15, 0.2) is 0 Å². The van der Waals surface area contributed by atoms with Crippen LogP contribution in [0.25, 0.3) is 0 Å². The van der Waals surface area contributed by atoms with E-state index in [0.717, 1.165) is 6.54 Å². The first-order valence-electron chi connectivity index (χ1n) is 5.87. The van der Waals surface area contributed by atoms with Gasteiger partial charge in [-0.1, -0.05) is 37.6 Å². The molecule has 0 radical (unpaired) electrons. The number of hydrogen-bond acceptors (Lipinski definition) is 3. The van der Waals surface area contributed by atoms with Crippen molar-refractivity contribution < 1.29 is 9.90 Å². The largest absolute Gasteiger partial charge is 0.506 e.